The normalized spacial score (nSPS) is 21.2. The minimum Gasteiger partial charge on any atom is -0.382 e. The van der Waals surface area contributed by atoms with E-state index in [0.29, 0.717) is 11.7 Å². The van der Waals surface area contributed by atoms with Crippen molar-refractivity contribution < 1.29 is 4.39 Å². The maximum atomic E-state index is 13.5. The van der Waals surface area contributed by atoms with Crippen molar-refractivity contribution in [2.45, 2.75) is 32.7 Å². The Bertz CT molecular complexity index is 495. The number of halogens is 1. The molecular weight excluding hydrogens is 253 g/mol. The quantitative estimate of drug-likeness (QED) is 0.917. The lowest BCUT2D eigenvalue weighted by atomic mass is 9.99. The largest absolute Gasteiger partial charge is 0.382 e. The first-order valence-electron chi connectivity index (χ1n) is 7.28. The van der Waals surface area contributed by atoms with Crippen LogP contribution < -0.4 is 5.32 Å². The molecule has 0 amide bonds. The third-order valence-electron chi connectivity index (χ3n) is 4.03. The number of nitrogens with one attached hydrogen (secondary N) is 1. The molecule has 0 bridgehead atoms. The van der Waals surface area contributed by atoms with Gasteiger partial charge in [-0.05, 0) is 44.4 Å². The maximum absolute atomic E-state index is 13.5. The fourth-order valence-corrected chi connectivity index (χ4v) is 2.80. The van der Waals surface area contributed by atoms with Crippen LogP contribution in [-0.4, -0.2) is 30.6 Å². The van der Waals surface area contributed by atoms with Crippen molar-refractivity contribution in [1.82, 2.24) is 4.90 Å². The van der Waals surface area contributed by atoms with E-state index in [1.165, 1.54) is 18.9 Å². The predicted octanol–water partition coefficient (Wildman–Crippen LogP) is 3.23. The Kier molecular flexibility index (Phi) is 4.97. The molecule has 1 saturated heterocycles. The van der Waals surface area contributed by atoms with Gasteiger partial charge >= 0.3 is 0 Å². The highest BCUT2D eigenvalue weighted by Crippen LogP contribution is 2.20. The van der Waals surface area contributed by atoms with E-state index in [1.54, 1.807) is 12.1 Å². The van der Waals surface area contributed by atoms with E-state index in [9.17, 15) is 4.39 Å². The number of nitriles is 1. The average molecular weight is 275 g/mol. The molecule has 2 atom stereocenters. The van der Waals surface area contributed by atoms with Crippen molar-refractivity contribution in [1.29, 1.82) is 5.26 Å². The first-order chi connectivity index (χ1) is 9.61. The van der Waals surface area contributed by atoms with Crippen LogP contribution >= 0.6 is 0 Å². The zero-order chi connectivity index (χ0) is 14.5. The SMILES string of the molecule is CC1CCCN(C(C)CNc2cccc(F)c2C#N)C1. The summed E-state index contributed by atoms with van der Waals surface area (Å²) in [7, 11) is 0. The van der Waals surface area contributed by atoms with E-state index in [1.807, 2.05) is 6.07 Å². The number of benzene rings is 1. The van der Waals surface area contributed by atoms with Gasteiger partial charge in [0.25, 0.3) is 0 Å². The van der Waals surface area contributed by atoms with Gasteiger partial charge in [-0.25, -0.2) is 4.39 Å². The summed E-state index contributed by atoms with van der Waals surface area (Å²) in [6.07, 6.45) is 2.55. The molecule has 1 aliphatic rings. The monoisotopic (exact) mass is 275 g/mol. The summed E-state index contributed by atoms with van der Waals surface area (Å²) < 4.78 is 13.5. The summed E-state index contributed by atoms with van der Waals surface area (Å²) in [5, 5.41) is 12.2. The van der Waals surface area contributed by atoms with Crippen LogP contribution in [0.15, 0.2) is 18.2 Å². The third kappa shape index (κ3) is 3.49. The number of anilines is 1. The van der Waals surface area contributed by atoms with Crippen LogP contribution in [0.1, 0.15) is 32.3 Å². The predicted molar refractivity (Wildman–Crippen MR) is 79.0 cm³/mol. The van der Waals surface area contributed by atoms with E-state index in [4.69, 9.17) is 5.26 Å². The van der Waals surface area contributed by atoms with Gasteiger partial charge in [0.15, 0.2) is 0 Å². The molecule has 0 saturated carbocycles. The lowest BCUT2D eigenvalue weighted by Gasteiger charge is -2.35. The Balaban J connectivity index is 1.95. The fraction of sp³-hybridized carbons (Fsp3) is 0.562. The van der Waals surface area contributed by atoms with Crippen molar-refractivity contribution in [2.75, 3.05) is 25.0 Å². The van der Waals surface area contributed by atoms with Gasteiger partial charge in [0, 0.05) is 19.1 Å². The molecular formula is C16H22FN3. The first kappa shape index (κ1) is 14.8. The number of rotatable bonds is 4. The van der Waals surface area contributed by atoms with Crippen LogP contribution in [0.25, 0.3) is 0 Å². The van der Waals surface area contributed by atoms with Gasteiger partial charge in [-0.15, -0.1) is 0 Å². The molecule has 1 N–H and O–H groups in total. The van der Waals surface area contributed by atoms with Gasteiger partial charge in [0.1, 0.15) is 17.4 Å². The molecule has 1 heterocycles. The molecule has 0 aliphatic carbocycles. The van der Waals surface area contributed by atoms with Crippen molar-refractivity contribution in [3.63, 3.8) is 0 Å². The minimum atomic E-state index is -0.461. The summed E-state index contributed by atoms with van der Waals surface area (Å²) in [5.74, 6) is 0.284. The lowest BCUT2D eigenvalue weighted by Crippen LogP contribution is -2.43. The fourth-order valence-electron chi connectivity index (χ4n) is 2.80. The molecule has 20 heavy (non-hydrogen) atoms. The van der Waals surface area contributed by atoms with Crippen molar-refractivity contribution in [3.8, 4) is 6.07 Å². The maximum Gasteiger partial charge on any atom is 0.143 e. The smallest absolute Gasteiger partial charge is 0.143 e. The molecule has 4 heteroatoms. The average Bonchev–Trinajstić information content (AvgIpc) is 2.44. The van der Waals surface area contributed by atoms with Crippen LogP contribution in [0.2, 0.25) is 0 Å². The van der Waals surface area contributed by atoms with Crippen molar-refractivity contribution in [2.24, 2.45) is 5.92 Å². The summed E-state index contributed by atoms with van der Waals surface area (Å²) in [6, 6.07) is 7.01. The van der Waals surface area contributed by atoms with E-state index in [2.05, 4.69) is 24.1 Å². The minimum absolute atomic E-state index is 0.103. The summed E-state index contributed by atoms with van der Waals surface area (Å²) >= 11 is 0. The van der Waals surface area contributed by atoms with Crippen LogP contribution in [0, 0.1) is 23.1 Å². The molecule has 1 aromatic rings. The van der Waals surface area contributed by atoms with Gasteiger partial charge < -0.3 is 5.32 Å². The molecule has 0 spiro atoms. The highest BCUT2D eigenvalue weighted by molar-refractivity contribution is 5.57. The molecule has 1 fully saturated rings. The van der Waals surface area contributed by atoms with Gasteiger partial charge in [-0.2, -0.15) is 5.26 Å². The summed E-state index contributed by atoms with van der Waals surface area (Å²) in [5.41, 5.74) is 0.691. The van der Waals surface area contributed by atoms with E-state index < -0.39 is 5.82 Å². The molecule has 1 aliphatic heterocycles. The van der Waals surface area contributed by atoms with Gasteiger partial charge in [0.05, 0.1) is 5.69 Å². The zero-order valence-electron chi connectivity index (χ0n) is 12.2. The van der Waals surface area contributed by atoms with E-state index >= 15 is 0 Å². The highest BCUT2D eigenvalue weighted by Gasteiger charge is 2.21. The summed E-state index contributed by atoms with van der Waals surface area (Å²) in [6.45, 7) is 7.44. The number of likely N-dealkylation sites (tertiary alicyclic amines) is 1. The Morgan fingerprint density at radius 3 is 3.05 bits per heavy atom. The standard InChI is InChI=1S/C16H22FN3/c1-12-5-4-8-20(11-12)13(2)10-19-16-7-3-6-15(17)14(16)9-18/h3,6-7,12-13,19H,4-5,8,10-11H2,1-2H3. The van der Waals surface area contributed by atoms with Crippen molar-refractivity contribution in [3.05, 3.63) is 29.6 Å². The number of hydrogen-bond donors (Lipinski definition) is 1. The second-order valence-corrected chi connectivity index (χ2v) is 5.75. The molecule has 2 rings (SSSR count). The van der Waals surface area contributed by atoms with Gasteiger partial charge in [-0.3, -0.25) is 4.90 Å². The topological polar surface area (TPSA) is 39.1 Å². The van der Waals surface area contributed by atoms with Crippen LogP contribution in [0.5, 0.6) is 0 Å². The number of piperidine rings is 1. The molecule has 0 radical (unpaired) electrons. The van der Waals surface area contributed by atoms with Crippen LogP contribution in [0.3, 0.4) is 0 Å². The van der Waals surface area contributed by atoms with Gasteiger partial charge in [-0.1, -0.05) is 13.0 Å². The number of nitrogens with zero attached hydrogens (tertiary/aromatic N) is 2. The van der Waals surface area contributed by atoms with E-state index in [0.717, 1.165) is 25.6 Å². The van der Waals surface area contributed by atoms with Gasteiger partial charge in [0.2, 0.25) is 0 Å². The van der Waals surface area contributed by atoms with Crippen LogP contribution in [0.4, 0.5) is 10.1 Å². The Morgan fingerprint density at radius 2 is 2.35 bits per heavy atom. The number of hydrogen-bond acceptors (Lipinski definition) is 3. The van der Waals surface area contributed by atoms with E-state index in [-0.39, 0.29) is 5.56 Å². The molecule has 0 aromatic heterocycles. The Hall–Kier alpha value is -1.60. The lowest BCUT2D eigenvalue weighted by molar-refractivity contribution is 0.144. The molecule has 1 aromatic carbocycles. The third-order valence-corrected chi connectivity index (χ3v) is 4.03. The molecule has 3 nitrogen and oxygen atoms in total. The molecule has 2 unspecified atom stereocenters. The summed E-state index contributed by atoms with van der Waals surface area (Å²) in [4.78, 5) is 2.46. The van der Waals surface area contributed by atoms with Crippen LogP contribution in [-0.2, 0) is 0 Å². The Labute approximate surface area is 120 Å². The second kappa shape index (κ2) is 6.71. The first-order valence-corrected chi connectivity index (χ1v) is 7.28. The zero-order valence-corrected chi connectivity index (χ0v) is 12.2. The molecule has 108 valence electrons. The highest BCUT2D eigenvalue weighted by atomic mass is 19.1. The van der Waals surface area contributed by atoms with Crippen molar-refractivity contribution >= 4 is 5.69 Å². The second-order valence-electron chi connectivity index (χ2n) is 5.75. The Morgan fingerprint density at radius 1 is 1.55 bits per heavy atom.